The molecule has 1 amide bonds. The van der Waals surface area contributed by atoms with Crippen LogP contribution in [0.3, 0.4) is 0 Å². The van der Waals surface area contributed by atoms with Crippen LogP contribution >= 0.6 is 0 Å². The number of hydrogen-bond donors (Lipinski definition) is 0. The van der Waals surface area contributed by atoms with Gasteiger partial charge in [0.2, 0.25) is 5.91 Å². The zero-order valence-electron chi connectivity index (χ0n) is 11.7. The van der Waals surface area contributed by atoms with Gasteiger partial charge >= 0.3 is 0 Å². The number of carbonyl (C=O) groups is 2. The molecule has 1 saturated heterocycles. The summed E-state index contributed by atoms with van der Waals surface area (Å²) in [5, 5.41) is 11.6. The van der Waals surface area contributed by atoms with Gasteiger partial charge < -0.3 is 19.5 Å². The highest BCUT2D eigenvalue weighted by Gasteiger charge is 2.63. The largest absolute Gasteiger partial charge is 0.549 e. The number of ether oxygens (including phenoxy) is 1. The van der Waals surface area contributed by atoms with E-state index in [1.807, 2.05) is 24.3 Å². The molecule has 1 aromatic carbocycles. The molecule has 3 aliphatic rings. The first-order valence-electron chi connectivity index (χ1n) is 7.33. The molecule has 1 unspecified atom stereocenters. The lowest BCUT2D eigenvalue weighted by Gasteiger charge is -2.56. The van der Waals surface area contributed by atoms with E-state index >= 15 is 0 Å². The minimum absolute atomic E-state index is 0.0259. The van der Waals surface area contributed by atoms with E-state index in [1.165, 1.54) is 4.90 Å². The van der Waals surface area contributed by atoms with Gasteiger partial charge in [0, 0.05) is 25.3 Å². The van der Waals surface area contributed by atoms with Crippen LogP contribution in [0, 0.1) is 11.8 Å². The number of piperidine rings is 1. The van der Waals surface area contributed by atoms with E-state index in [4.69, 9.17) is 4.74 Å². The van der Waals surface area contributed by atoms with Crippen molar-refractivity contribution < 1.29 is 19.4 Å². The van der Waals surface area contributed by atoms with Crippen LogP contribution in [0.5, 0.6) is 5.75 Å². The van der Waals surface area contributed by atoms with Crippen molar-refractivity contribution >= 4 is 11.9 Å². The third kappa shape index (κ3) is 1.41. The Morgan fingerprint density at radius 3 is 2.95 bits per heavy atom. The van der Waals surface area contributed by atoms with Crippen molar-refractivity contribution in [1.29, 1.82) is 0 Å². The zero-order chi connectivity index (χ0) is 14.8. The van der Waals surface area contributed by atoms with Gasteiger partial charge in [-0.2, -0.15) is 0 Å². The first-order valence-corrected chi connectivity index (χ1v) is 7.33. The Kier molecular flexibility index (Phi) is 2.41. The summed E-state index contributed by atoms with van der Waals surface area (Å²) < 4.78 is 6.22. The minimum atomic E-state index is -1.28. The minimum Gasteiger partial charge on any atom is -0.549 e. The van der Waals surface area contributed by atoms with Gasteiger partial charge in [-0.25, -0.2) is 0 Å². The molecule has 0 N–H and O–H groups in total. The first-order chi connectivity index (χ1) is 10.1. The van der Waals surface area contributed by atoms with Crippen molar-refractivity contribution in [2.45, 2.75) is 30.9 Å². The molecule has 1 aromatic rings. The summed E-state index contributed by atoms with van der Waals surface area (Å²) in [6.45, 7) is 0. The number of aliphatic carboxylic acids is 1. The second-order valence-electron chi connectivity index (χ2n) is 6.20. The molecule has 4 rings (SSSR count). The maximum atomic E-state index is 12.6. The maximum absolute atomic E-state index is 12.6. The van der Waals surface area contributed by atoms with Crippen molar-refractivity contribution in [2.75, 3.05) is 7.05 Å². The maximum Gasteiger partial charge on any atom is 0.234 e. The fraction of sp³-hybridized carbons (Fsp3) is 0.500. The third-order valence-corrected chi connectivity index (χ3v) is 5.41. The Balaban J connectivity index is 1.97. The Hall–Kier alpha value is -2.04. The second-order valence-corrected chi connectivity index (χ2v) is 6.20. The molecule has 5 heteroatoms. The summed E-state index contributed by atoms with van der Waals surface area (Å²) in [6, 6.07) is 7.46. The summed E-state index contributed by atoms with van der Waals surface area (Å²) in [5.41, 5.74) is 0.151. The van der Waals surface area contributed by atoms with Crippen LogP contribution in [0.25, 0.3) is 0 Å². The van der Waals surface area contributed by atoms with Gasteiger partial charge in [-0.05, 0) is 24.5 Å². The average molecular weight is 286 g/mol. The molecule has 0 aromatic heterocycles. The van der Waals surface area contributed by atoms with Crippen molar-refractivity contribution in [3.8, 4) is 5.75 Å². The van der Waals surface area contributed by atoms with Gasteiger partial charge in [-0.1, -0.05) is 18.2 Å². The first kappa shape index (κ1) is 12.7. The molecule has 4 atom stereocenters. The topological polar surface area (TPSA) is 69.7 Å². The predicted octanol–water partition coefficient (Wildman–Crippen LogP) is 0.497. The molecular weight excluding hydrogens is 270 g/mol. The smallest absolute Gasteiger partial charge is 0.234 e. The lowest BCUT2D eigenvalue weighted by Crippen LogP contribution is -2.67. The molecule has 0 radical (unpaired) electrons. The van der Waals surface area contributed by atoms with Crippen LogP contribution in [0.1, 0.15) is 30.7 Å². The number of amides is 1. The average Bonchev–Trinajstić information content (AvgIpc) is 2.89. The second kappa shape index (κ2) is 4.00. The van der Waals surface area contributed by atoms with Crippen LogP contribution < -0.4 is 9.84 Å². The molecule has 2 bridgehead atoms. The third-order valence-electron chi connectivity index (χ3n) is 5.41. The SMILES string of the molecule is CN1C(=O)C(C(=O)[O-])[C@@H]2c3ccccc3O[C@]13CCC[C@H]23. The molecule has 2 heterocycles. The summed E-state index contributed by atoms with van der Waals surface area (Å²) in [4.78, 5) is 25.7. The fourth-order valence-electron chi connectivity index (χ4n) is 4.52. The van der Waals surface area contributed by atoms with E-state index in [-0.39, 0.29) is 11.8 Å². The highest BCUT2D eigenvalue weighted by atomic mass is 16.5. The van der Waals surface area contributed by atoms with Crippen molar-refractivity contribution in [3.05, 3.63) is 29.8 Å². The van der Waals surface area contributed by atoms with E-state index in [0.29, 0.717) is 5.75 Å². The molecule has 0 spiro atoms. The van der Waals surface area contributed by atoms with Gasteiger partial charge in [-0.15, -0.1) is 0 Å². The molecule has 21 heavy (non-hydrogen) atoms. The van der Waals surface area contributed by atoms with E-state index in [1.54, 1.807) is 7.05 Å². The van der Waals surface area contributed by atoms with Crippen molar-refractivity contribution in [1.82, 2.24) is 4.90 Å². The monoisotopic (exact) mass is 286 g/mol. The highest BCUT2D eigenvalue weighted by molar-refractivity contribution is 5.98. The molecule has 1 aliphatic carbocycles. The molecule has 110 valence electrons. The Labute approximate surface area is 122 Å². The Morgan fingerprint density at radius 1 is 1.43 bits per heavy atom. The van der Waals surface area contributed by atoms with Gasteiger partial charge in [0.15, 0.2) is 5.72 Å². The van der Waals surface area contributed by atoms with E-state index in [0.717, 1.165) is 24.8 Å². The Bertz CT molecular complexity index is 643. The number of hydrogen-bond acceptors (Lipinski definition) is 4. The fourth-order valence-corrected chi connectivity index (χ4v) is 4.52. The molecule has 2 fully saturated rings. The Morgan fingerprint density at radius 2 is 2.19 bits per heavy atom. The molecule has 5 nitrogen and oxygen atoms in total. The van der Waals surface area contributed by atoms with Gasteiger partial charge in [0.05, 0.1) is 11.9 Å². The van der Waals surface area contributed by atoms with E-state index in [2.05, 4.69) is 0 Å². The number of rotatable bonds is 1. The lowest BCUT2D eigenvalue weighted by molar-refractivity contribution is -0.314. The highest BCUT2D eigenvalue weighted by Crippen LogP contribution is 2.59. The number of carbonyl (C=O) groups excluding carboxylic acids is 2. The number of benzene rings is 1. The van der Waals surface area contributed by atoms with E-state index < -0.39 is 23.5 Å². The standard InChI is InChI=1S/C16H17NO4/c1-17-14(18)13(15(19)20)12-9-5-2-3-7-11(9)21-16(17)8-4-6-10(12)16/h2-3,5,7,10,12-13H,4,6,8H2,1H3,(H,19,20)/p-1/t10-,12-,13?,16+/m1/s1. The van der Waals surface area contributed by atoms with Crippen LogP contribution in [-0.4, -0.2) is 29.5 Å². The quantitative estimate of drug-likeness (QED) is 0.705. The molecule has 1 saturated carbocycles. The number of fused-ring (bicyclic) bond motifs is 2. The van der Waals surface area contributed by atoms with Crippen LogP contribution in [0.2, 0.25) is 0 Å². The van der Waals surface area contributed by atoms with Crippen LogP contribution in [-0.2, 0) is 9.59 Å². The zero-order valence-corrected chi connectivity index (χ0v) is 11.7. The van der Waals surface area contributed by atoms with Gasteiger partial charge in [0.1, 0.15) is 5.75 Å². The summed E-state index contributed by atoms with van der Waals surface area (Å²) >= 11 is 0. The van der Waals surface area contributed by atoms with Crippen LogP contribution in [0.4, 0.5) is 0 Å². The number of carboxylic acids is 1. The molecule has 2 aliphatic heterocycles. The predicted molar refractivity (Wildman–Crippen MR) is 71.2 cm³/mol. The normalized spacial score (nSPS) is 36.7. The van der Waals surface area contributed by atoms with E-state index in [9.17, 15) is 14.7 Å². The van der Waals surface area contributed by atoms with Gasteiger partial charge in [0.25, 0.3) is 0 Å². The van der Waals surface area contributed by atoms with Crippen LogP contribution in [0.15, 0.2) is 24.3 Å². The van der Waals surface area contributed by atoms with Crippen molar-refractivity contribution in [2.24, 2.45) is 11.8 Å². The number of nitrogens with zero attached hydrogens (tertiary/aromatic N) is 1. The van der Waals surface area contributed by atoms with Crippen molar-refractivity contribution in [3.63, 3.8) is 0 Å². The van der Waals surface area contributed by atoms with Gasteiger partial charge in [-0.3, -0.25) is 4.79 Å². The summed E-state index contributed by atoms with van der Waals surface area (Å²) in [6.07, 6.45) is 2.57. The lowest BCUT2D eigenvalue weighted by atomic mass is 9.67. The number of para-hydroxylation sites is 1. The summed E-state index contributed by atoms with van der Waals surface area (Å²) in [7, 11) is 1.65. The summed E-state index contributed by atoms with van der Waals surface area (Å²) in [5.74, 6) is -2.41. The number of carboxylic acid groups (broad SMARTS) is 1. The number of likely N-dealkylation sites (tertiary alicyclic amines) is 1. The molecular formula is C16H16NO4-.